The highest BCUT2D eigenvalue weighted by molar-refractivity contribution is 7.80. The molecule has 0 spiro atoms. The molecule has 1 nitrogen and oxygen atoms in total. The van der Waals surface area contributed by atoms with Gasteiger partial charge in [0.05, 0.1) is 0 Å². The molecule has 2 heteroatoms. The van der Waals surface area contributed by atoms with Crippen LogP contribution in [0.2, 0.25) is 0 Å². The van der Waals surface area contributed by atoms with Gasteiger partial charge in [0, 0.05) is 13.7 Å². The highest BCUT2D eigenvalue weighted by Crippen LogP contribution is 2.12. The first-order valence-electron chi connectivity index (χ1n) is 7.51. The molecule has 0 atom stereocenters. The third-order valence-electron chi connectivity index (χ3n) is 3.26. The molecule has 0 N–H and O–H groups in total. The molecule has 0 bridgehead atoms. The van der Waals surface area contributed by atoms with Crippen LogP contribution in [0.5, 0.6) is 0 Å². The Kier molecular flexibility index (Phi) is 16.6. The quantitative estimate of drug-likeness (QED) is 0.332. The van der Waals surface area contributed by atoms with Gasteiger partial charge in [0.15, 0.2) is 0 Å². The van der Waals surface area contributed by atoms with E-state index in [4.69, 9.17) is 4.74 Å². The molecule has 0 aliphatic rings. The smallest absolute Gasteiger partial charge is 0.0462 e. The van der Waals surface area contributed by atoms with E-state index in [0.717, 1.165) is 12.4 Å². The summed E-state index contributed by atoms with van der Waals surface area (Å²) in [5, 5.41) is 0. The third kappa shape index (κ3) is 16.3. The summed E-state index contributed by atoms with van der Waals surface area (Å²) in [5.41, 5.74) is 0. The Labute approximate surface area is 114 Å². The molecule has 0 rings (SSSR count). The zero-order chi connectivity index (χ0) is 12.6. The van der Waals surface area contributed by atoms with E-state index in [1.54, 1.807) is 7.11 Å². The SMILES string of the molecule is COCCCCCCCCCCCCCCS. The molecule has 0 saturated heterocycles. The lowest BCUT2D eigenvalue weighted by atomic mass is 10.1. The lowest BCUT2D eigenvalue weighted by Gasteiger charge is -2.02. The molecule has 0 saturated carbocycles. The second kappa shape index (κ2) is 16.3. The van der Waals surface area contributed by atoms with Crippen molar-refractivity contribution in [3.05, 3.63) is 0 Å². The molecular weight excluding hydrogens is 228 g/mol. The summed E-state index contributed by atoms with van der Waals surface area (Å²) in [6.45, 7) is 0.937. The molecule has 17 heavy (non-hydrogen) atoms. The van der Waals surface area contributed by atoms with Crippen LogP contribution in [0.4, 0.5) is 0 Å². The van der Waals surface area contributed by atoms with Crippen LogP contribution >= 0.6 is 12.6 Å². The van der Waals surface area contributed by atoms with E-state index >= 15 is 0 Å². The van der Waals surface area contributed by atoms with E-state index in [0.29, 0.717) is 0 Å². The van der Waals surface area contributed by atoms with Crippen molar-refractivity contribution in [2.45, 2.75) is 77.0 Å². The normalized spacial score (nSPS) is 10.9. The average Bonchev–Trinajstić information content (AvgIpc) is 2.35. The maximum atomic E-state index is 5.04. The van der Waals surface area contributed by atoms with Crippen LogP contribution in [0.3, 0.4) is 0 Å². The Morgan fingerprint density at radius 2 is 0.941 bits per heavy atom. The number of methoxy groups -OCH3 is 1. The summed E-state index contributed by atoms with van der Waals surface area (Å²) < 4.78 is 5.04. The van der Waals surface area contributed by atoms with Gasteiger partial charge >= 0.3 is 0 Å². The Morgan fingerprint density at radius 1 is 0.588 bits per heavy atom. The number of unbranched alkanes of at least 4 members (excludes halogenated alkanes) is 11. The van der Waals surface area contributed by atoms with Crippen molar-refractivity contribution in [2.24, 2.45) is 0 Å². The third-order valence-corrected chi connectivity index (χ3v) is 3.57. The second-order valence-electron chi connectivity index (χ2n) is 4.96. The van der Waals surface area contributed by atoms with Crippen molar-refractivity contribution < 1.29 is 4.74 Å². The molecule has 0 unspecified atom stereocenters. The molecule has 0 aliphatic heterocycles. The molecular formula is C15H32OS. The minimum Gasteiger partial charge on any atom is -0.385 e. The maximum absolute atomic E-state index is 5.04. The van der Waals surface area contributed by atoms with Gasteiger partial charge in [0.25, 0.3) is 0 Å². The Balaban J connectivity index is 2.85. The number of hydrogen-bond donors (Lipinski definition) is 1. The van der Waals surface area contributed by atoms with Crippen molar-refractivity contribution in [1.82, 2.24) is 0 Å². The summed E-state index contributed by atoms with van der Waals surface area (Å²) in [6, 6.07) is 0. The predicted octanol–water partition coefficient (Wildman–Crippen LogP) is 5.24. The van der Waals surface area contributed by atoms with Crippen molar-refractivity contribution in [3.63, 3.8) is 0 Å². The average molecular weight is 260 g/mol. The Bertz CT molecular complexity index is 114. The predicted molar refractivity (Wildman–Crippen MR) is 81.1 cm³/mol. The molecule has 0 aromatic carbocycles. The summed E-state index contributed by atoms with van der Waals surface area (Å²) in [4.78, 5) is 0. The Hall–Kier alpha value is 0.310. The second-order valence-corrected chi connectivity index (χ2v) is 5.41. The summed E-state index contributed by atoms with van der Waals surface area (Å²) >= 11 is 4.23. The molecule has 0 amide bonds. The van der Waals surface area contributed by atoms with E-state index in [-0.39, 0.29) is 0 Å². The zero-order valence-corrected chi connectivity index (χ0v) is 12.6. The van der Waals surface area contributed by atoms with Gasteiger partial charge in [-0.2, -0.15) is 12.6 Å². The molecule has 0 radical (unpaired) electrons. The largest absolute Gasteiger partial charge is 0.385 e. The van der Waals surface area contributed by atoms with Crippen LogP contribution < -0.4 is 0 Å². The van der Waals surface area contributed by atoms with Crippen LogP contribution in [0.25, 0.3) is 0 Å². The van der Waals surface area contributed by atoms with Gasteiger partial charge in [-0.15, -0.1) is 0 Å². The number of thiol groups is 1. The maximum Gasteiger partial charge on any atom is 0.0462 e. The molecule has 0 aromatic rings. The number of rotatable bonds is 14. The van der Waals surface area contributed by atoms with E-state index in [9.17, 15) is 0 Å². The minimum atomic E-state index is 0.937. The van der Waals surface area contributed by atoms with E-state index in [1.165, 1.54) is 77.0 Å². The number of hydrogen-bond acceptors (Lipinski definition) is 2. The van der Waals surface area contributed by atoms with Crippen LogP contribution in [0.15, 0.2) is 0 Å². The minimum absolute atomic E-state index is 0.937. The first-order chi connectivity index (χ1) is 8.41. The fourth-order valence-electron chi connectivity index (χ4n) is 2.13. The Morgan fingerprint density at radius 3 is 1.29 bits per heavy atom. The van der Waals surface area contributed by atoms with Crippen LogP contribution in [0.1, 0.15) is 77.0 Å². The van der Waals surface area contributed by atoms with Gasteiger partial charge in [0.1, 0.15) is 0 Å². The first-order valence-corrected chi connectivity index (χ1v) is 8.15. The summed E-state index contributed by atoms with van der Waals surface area (Å²) in [5.74, 6) is 1.06. The highest BCUT2D eigenvalue weighted by atomic mass is 32.1. The fourth-order valence-corrected chi connectivity index (χ4v) is 2.35. The van der Waals surface area contributed by atoms with E-state index in [1.807, 2.05) is 0 Å². The molecule has 0 aromatic heterocycles. The van der Waals surface area contributed by atoms with Gasteiger partial charge in [-0.1, -0.05) is 64.2 Å². The van der Waals surface area contributed by atoms with E-state index in [2.05, 4.69) is 12.6 Å². The lowest BCUT2D eigenvalue weighted by Crippen LogP contribution is -1.88. The van der Waals surface area contributed by atoms with Crippen LogP contribution in [0, 0.1) is 0 Å². The van der Waals surface area contributed by atoms with Gasteiger partial charge in [-0.3, -0.25) is 0 Å². The van der Waals surface area contributed by atoms with Crippen molar-refractivity contribution in [2.75, 3.05) is 19.5 Å². The van der Waals surface area contributed by atoms with Crippen molar-refractivity contribution in [1.29, 1.82) is 0 Å². The summed E-state index contributed by atoms with van der Waals surface area (Å²) in [7, 11) is 1.79. The topological polar surface area (TPSA) is 9.23 Å². The van der Waals surface area contributed by atoms with Gasteiger partial charge in [-0.25, -0.2) is 0 Å². The number of ether oxygens (including phenoxy) is 1. The van der Waals surface area contributed by atoms with E-state index < -0.39 is 0 Å². The molecule has 0 heterocycles. The molecule has 0 fully saturated rings. The zero-order valence-electron chi connectivity index (χ0n) is 11.8. The van der Waals surface area contributed by atoms with Gasteiger partial charge in [0.2, 0.25) is 0 Å². The highest BCUT2D eigenvalue weighted by Gasteiger charge is 1.93. The molecule has 104 valence electrons. The van der Waals surface area contributed by atoms with Crippen molar-refractivity contribution in [3.8, 4) is 0 Å². The van der Waals surface area contributed by atoms with Crippen molar-refractivity contribution >= 4 is 12.6 Å². The van der Waals surface area contributed by atoms with Crippen LogP contribution in [-0.2, 0) is 4.74 Å². The van der Waals surface area contributed by atoms with Crippen LogP contribution in [-0.4, -0.2) is 19.5 Å². The first kappa shape index (κ1) is 17.3. The lowest BCUT2D eigenvalue weighted by molar-refractivity contribution is 0.192. The van der Waals surface area contributed by atoms with Gasteiger partial charge < -0.3 is 4.74 Å². The van der Waals surface area contributed by atoms with Gasteiger partial charge in [-0.05, 0) is 18.6 Å². The molecule has 0 aliphatic carbocycles. The summed E-state index contributed by atoms with van der Waals surface area (Å²) in [6.07, 6.45) is 16.7. The monoisotopic (exact) mass is 260 g/mol. The standard InChI is InChI=1S/C15H32OS/c1-16-14-12-10-8-6-4-2-3-5-7-9-11-13-15-17/h17H,2-15H2,1H3. The fraction of sp³-hybridized carbons (Fsp3) is 1.00.